The van der Waals surface area contributed by atoms with Gasteiger partial charge in [0.05, 0.1) is 6.10 Å². The van der Waals surface area contributed by atoms with Gasteiger partial charge in [-0.25, -0.2) is 0 Å². The molecular formula is C16H29ClN2O2. The first-order valence-corrected chi connectivity index (χ1v) is 8.41. The molecule has 1 unspecified atom stereocenters. The lowest BCUT2D eigenvalue weighted by atomic mass is 10.0. The molecule has 5 heteroatoms. The fourth-order valence-electron chi connectivity index (χ4n) is 3.28. The Balaban J connectivity index is 0.00000161. The summed E-state index contributed by atoms with van der Waals surface area (Å²) in [5.74, 6) is 1.92. The number of halogens is 1. The lowest BCUT2D eigenvalue weighted by Gasteiger charge is -2.32. The van der Waals surface area contributed by atoms with Crippen LogP contribution in [0.3, 0.4) is 0 Å². The highest BCUT2D eigenvalue weighted by Gasteiger charge is 2.27. The molecule has 3 rings (SSSR count). The molecule has 2 aliphatic heterocycles. The molecule has 122 valence electrons. The third-order valence-electron chi connectivity index (χ3n) is 4.99. The van der Waals surface area contributed by atoms with Crippen LogP contribution in [0.25, 0.3) is 0 Å². The van der Waals surface area contributed by atoms with Gasteiger partial charge < -0.3 is 15.0 Å². The number of hydrogen-bond donors (Lipinski definition) is 1. The van der Waals surface area contributed by atoms with Crippen molar-refractivity contribution in [1.82, 2.24) is 10.2 Å². The molecule has 2 heterocycles. The van der Waals surface area contributed by atoms with Gasteiger partial charge in [0.1, 0.15) is 0 Å². The summed E-state index contributed by atoms with van der Waals surface area (Å²) < 4.78 is 5.93. The van der Waals surface area contributed by atoms with E-state index in [9.17, 15) is 4.79 Å². The average Bonchev–Trinajstić information content (AvgIpc) is 3.17. The summed E-state index contributed by atoms with van der Waals surface area (Å²) in [4.78, 5) is 14.3. The quantitative estimate of drug-likeness (QED) is 0.817. The van der Waals surface area contributed by atoms with Crippen LogP contribution in [0.4, 0.5) is 0 Å². The predicted molar refractivity (Wildman–Crippen MR) is 85.7 cm³/mol. The Labute approximate surface area is 134 Å². The predicted octanol–water partition coefficient (Wildman–Crippen LogP) is 2.22. The molecule has 3 aliphatic rings. The van der Waals surface area contributed by atoms with Crippen molar-refractivity contribution in [3.63, 3.8) is 0 Å². The van der Waals surface area contributed by atoms with E-state index < -0.39 is 0 Å². The number of carbonyl (C=O) groups excluding carboxylic acids is 1. The van der Waals surface area contributed by atoms with E-state index in [4.69, 9.17) is 4.74 Å². The molecule has 1 amide bonds. The maximum Gasteiger partial charge on any atom is 0.222 e. The van der Waals surface area contributed by atoms with E-state index in [0.717, 1.165) is 70.3 Å². The van der Waals surface area contributed by atoms with E-state index in [1.165, 1.54) is 19.3 Å². The first kappa shape index (κ1) is 17.0. The van der Waals surface area contributed by atoms with Crippen LogP contribution in [-0.4, -0.2) is 49.7 Å². The van der Waals surface area contributed by atoms with Crippen molar-refractivity contribution in [3.05, 3.63) is 0 Å². The van der Waals surface area contributed by atoms with E-state index in [1.54, 1.807) is 0 Å². The maximum atomic E-state index is 12.2. The molecule has 0 radical (unpaired) electrons. The second-order valence-corrected chi connectivity index (χ2v) is 6.75. The van der Waals surface area contributed by atoms with Crippen molar-refractivity contribution in [2.24, 2.45) is 11.8 Å². The average molecular weight is 317 g/mol. The Kier molecular flexibility index (Phi) is 6.77. The van der Waals surface area contributed by atoms with Crippen LogP contribution < -0.4 is 5.32 Å². The van der Waals surface area contributed by atoms with Crippen molar-refractivity contribution in [2.75, 3.05) is 32.8 Å². The number of piperidine rings is 1. The van der Waals surface area contributed by atoms with Crippen LogP contribution in [0.1, 0.15) is 44.9 Å². The molecule has 1 aliphatic carbocycles. The minimum atomic E-state index is 0. The van der Waals surface area contributed by atoms with E-state index in [2.05, 4.69) is 10.2 Å². The summed E-state index contributed by atoms with van der Waals surface area (Å²) >= 11 is 0. The van der Waals surface area contributed by atoms with Crippen molar-refractivity contribution >= 4 is 18.3 Å². The molecule has 2 saturated heterocycles. The Hall–Kier alpha value is -0.320. The number of likely N-dealkylation sites (tertiary alicyclic amines) is 1. The molecule has 1 saturated carbocycles. The lowest BCUT2D eigenvalue weighted by Crippen LogP contribution is -2.41. The number of ether oxygens (including phenoxy) is 1. The van der Waals surface area contributed by atoms with Crippen LogP contribution in [-0.2, 0) is 9.53 Å². The van der Waals surface area contributed by atoms with E-state index in [0.29, 0.717) is 12.0 Å². The number of carbonyl (C=O) groups is 1. The van der Waals surface area contributed by atoms with Gasteiger partial charge in [-0.05, 0) is 63.5 Å². The largest absolute Gasteiger partial charge is 0.378 e. The number of nitrogens with one attached hydrogen (secondary N) is 1. The van der Waals surface area contributed by atoms with E-state index >= 15 is 0 Å². The maximum absolute atomic E-state index is 12.2. The number of amides is 1. The highest BCUT2D eigenvalue weighted by Crippen LogP contribution is 2.30. The van der Waals surface area contributed by atoms with Gasteiger partial charge in [-0.2, -0.15) is 0 Å². The normalized spacial score (nSPS) is 26.7. The van der Waals surface area contributed by atoms with Gasteiger partial charge in [-0.1, -0.05) is 0 Å². The highest BCUT2D eigenvalue weighted by molar-refractivity contribution is 5.85. The SMILES string of the molecule is Cl.O=C(CCC1CCNC1)N1CCC(OCC2CC2)CC1. The Morgan fingerprint density at radius 1 is 1.10 bits per heavy atom. The lowest BCUT2D eigenvalue weighted by molar-refractivity contribution is -0.134. The van der Waals surface area contributed by atoms with Crippen LogP contribution in [0, 0.1) is 11.8 Å². The van der Waals surface area contributed by atoms with Crippen LogP contribution in [0.5, 0.6) is 0 Å². The summed E-state index contributed by atoms with van der Waals surface area (Å²) in [5.41, 5.74) is 0. The summed E-state index contributed by atoms with van der Waals surface area (Å²) in [7, 11) is 0. The molecule has 4 nitrogen and oxygen atoms in total. The summed E-state index contributed by atoms with van der Waals surface area (Å²) in [6, 6.07) is 0. The molecule has 0 aromatic heterocycles. The van der Waals surface area contributed by atoms with Gasteiger partial charge in [0.25, 0.3) is 0 Å². The minimum Gasteiger partial charge on any atom is -0.378 e. The van der Waals surface area contributed by atoms with Crippen molar-refractivity contribution in [3.8, 4) is 0 Å². The zero-order valence-corrected chi connectivity index (χ0v) is 13.7. The Morgan fingerprint density at radius 2 is 1.86 bits per heavy atom. The summed E-state index contributed by atoms with van der Waals surface area (Å²) in [6.45, 7) is 4.98. The highest BCUT2D eigenvalue weighted by atomic mass is 35.5. The first-order chi connectivity index (χ1) is 9.81. The molecule has 0 bridgehead atoms. The molecule has 1 atom stereocenters. The molecule has 3 fully saturated rings. The molecule has 1 N–H and O–H groups in total. The van der Waals surface area contributed by atoms with Gasteiger partial charge in [0, 0.05) is 26.1 Å². The molecule has 0 aromatic rings. The zero-order valence-electron chi connectivity index (χ0n) is 12.9. The van der Waals surface area contributed by atoms with Crippen LogP contribution >= 0.6 is 12.4 Å². The fourth-order valence-corrected chi connectivity index (χ4v) is 3.28. The number of rotatable bonds is 6. The number of hydrogen-bond acceptors (Lipinski definition) is 3. The Morgan fingerprint density at radius 3 is 2.48 bits per heavy atom. The second-order valence-electron chi connectivity index (χ2n) is 6.75. The second kappa shape index (κ2) is 8.35. The van der Waals surface area contributed by atoms with E-state index in [1.807, 2.05) is 0 Å². The zero-order chi connectivity index (χ0) is 13.8. The van der Waals surface area contributed by atoms with E-state index in [-0.39, 0.29) is 12.4 Å². The topological polar surface area (TPSA) is 41.6 Å². The van der Waals surface area contributed by atoms with Gasteiger partial charge in [-0.15, -0.1) is 12.4 Å². The van der Waals surface area contributed by atoms with Crippen molar-refractivity contribution in [2.45, 2.75) is 51.0 Å². The number of nitrogens with zero attached hydrogens (tertiary/aromatic N) is 1. The van der Waals surface area contributed by atoms with Crippen molar-refractivity contribution in [1.29, 1.82) is 0 Å². The van der Waals surface area contributed by atoms with Crippen LogP contribution in [0.2, 0.25) is 0 Å². The molecular weight excluding hydrogens is 288 g/mol. The minimum absolute atomic E-state index is 0. The summed E-state index contributed by atoms with van der Waals surface area (Å²) in [5, 5.41) is 3.37. The molecule has 21 heavy (non-hydrogen) atoms. The third kappa shape index (κ3) is 5.42. The Bertz CT molecular complexity index is 322. The van der Waals surface area contributed by atoms with Gasteiger partial charge in [0.2, 0.25) is 5.91 Å². The van der Waals surface area contributed by atoms with Crippen LogP contribution in [0.15, 0.2) is 0 Å². The fraction of sp³-hybridized carbons (Fsp3) is 0.938. The summed E-state index contributed by atoms with van der Waals surface area (Å²) in [6.07, 6.45) is 8.21. The van der Waals surface area contributed by atoms with Gasteiger partial charge >= 0.3 is 0 Å². The van der Waals surface area contributed by atoms with Gasteiger partial charge in [-0.3, -0.25) is 4.79 Å². The smallest absolute Gasteiger partial charge is 0.222 e. The van der Waals surface area contributed by atoms with Gasteiger partial charge in [0.15, 0.2) is 0 Å². The van der Waals surface area contributed by atoms with Crippen molar-refractivity contribution < 1.29 is 9.53 Å². The molecule has 0 aromatic carbocycles. The standard InChI is InChI=1S/C16H28N2O2.ClH/c19-16(4-3-13-5-8-17-11-13)18-9-6-15(7-10-18)20-12-14-1-2-14;/h13-15,17H,1-12H2;1H. The first-order valence-electron chi connectivity index (χ1n) is 8.41. The monoisotopic (exact) mass is 316 g/mol. The third-order valence-corrected chi connectivity index (χ3v) is 4.99. The molecule has 0 spiro atoms.